The van der Waals surface area contributed by atoms with Gasteiger partial charge < -0.3 is 10.6 Å². The molecule has 0 saturated carbocycles. The Balaban J connectivity index is 2.26. The Bertz CT molecular complexity index is 996. The van der Waals surface area contributed by atoms with Crippen LogP contribution in [0.4, 0.5) is 18.9 Å². The zero-order valence-corrected chi connectivity index (χ0v) is 18.3. The molecule has 0 aliphatic rings. The van der Waals surface area contributed by atoms with Gasteiger partial charge in [0.15, 0.2) is 0 Å². The van der Waals surface area contributed by atoms with Gasteiger partial charge in [-0.05, 0) is 56.9 Å². The minimum absolute atomic E-state index is 0.0588. The molecule has 4 nitrogen and oxygen atoms in total. The van der Waals surface area contributed by atoms with E-state index in [0.29, 0.717) is 12.0 Å². The zero-order chi connectivity index (χ0) is 23.7. The standard InChI is InChI=1S/C25H27F3N2O2/c1-4-10-19(5-2)23(31)30-22(16-15-18-11-7-6-8-12-18)24(32)29-21-14-9-13-20(17(21)3)25(26,27)28/h4-14,22H,15-16H2,1-3H3,(H,29,32)(H,30,31). The molecule has 32 heavy (non-hydrogen) atoms. The van der Waals surface area contributed by atoms with Crippen molar-refractivity contribution in [3.63, 3.8) is 0 Å². The molecule has 0 aliphatic carbocycles. The first kappa shape index (κ1) is 24.9. The SMILES string of the molecule is CC=CC(=CC)C(=O)NC(CCc1ccccc1)C(=O)Nc1cccc(C(F)(F)F)c1C. The maximum absolute atomic E-state index is 13.2. The number of amides is 2. The van der Waals surface area contributed by atoms with Gasteiger partial charge in [0, 0.05) is 11.3 Å². The van der Waals surface area contributed by atoms with Crippen LogP contribution in [0.3, 0.4) is 0 Å². The monoisotopic (exact) mass is 444 g/mol. The second-order valence-corrected chi connectivity index (χ2v) is 7.26. The van der Waals surface area contributed by atoms with Crippen LogP contribution in [0.2, 0.25) is 0 Å². The third-order valence-electron chi connectivity index (χ3n) is 5.00. The van der Waals surface area contributed by atoms with Crippen LogP contribution in [-0.2, 0) is 22.2 Å². The van der Waals surface area contributed by atoms with Crippen LogP contribution in [0.1, 0.15) is 37.0 Å². The smallest absolute Gasteiger partial charge is 0.340 e. The quantitative estimate of drug-likeness (QED) is 0.412. The van der Waals surface area contributed by atoms with Crippen LogP contribution in [-0.4, -0.2) is 17.9 Å². The van der Waals surface area contributed by atoms with Crippen molar-refractivity contribution in [1.29, 1.82) is 0 Å². The lowest BCUT2D eigenvalue weighted by molar-refractivity contribution is -0.138. The van der Waals surface area contributed by atoms with Crippen molar-refractivity contribution in [3.05, 3.63) is 89.0 Å². The lowest BCUT2D eigenvalue weighted by Gasteiger charge is -2.21. The zero-order valence-electron chi connectivity index (χ0n) is 18.3. The van der Waals surface area contributed by atoms with Crippen LogP contribution < -0.4 is 10.6 Å². The summed E-state index contributed by atoms with van der Waals surface area (Å²) in [6.07, 6.45) is 1.22. The van der Waals surface area contributed by atoms with E-state index in [1.165, 1.54) is 19.1 Å². The van der Waals surface area contributed by atoms with Crippen molar-refractivity contribution >= 4 is 17.5 Å². The summed E-state index contributed by atoms with van der Waals surface area (Å²) in [6, 6.07) is 12.1. The summed E-state index contributed by atoms with van der Waals surface area (Å²) in [7, 11) is 0. The molecular formula is C25H27F3N2O2. The topological polar surface area (TPSA) is 58.2 Å². The number of carbonyl (C=O) groups is 2. The Kier molecular flexibility index (Phi) is 8.81. The molecule has 0 radical (unpaired) electrons. The van der Waals surface area contributed by atoms with Gasteiger partial charge in [0.25, 0.3) is 5.91 Å². The Morgan fingerprint density at radius 2 is 1.72 bits per heavy atom. The first-order chi connectivity index (χ1) is 15.2. The van der Waals surface area contributed by atoms with Crippen molar-refractivity contribution in [1.82, 2.24) is 5.32 Å². The van der Waals surface area contributed by atoms with E-state index in [1.807, 2.05) is 30.3 Å². The summed E-state index contributed by atoms with van der Waals surface area (Å²) in [5.41, 5.74) is 0.535. The van der Waals surface area contributed by atoms with Gasteiger partial charge in [0.1, 0.15) is 6.04 Å². The third kappa shape index (κ3) is 6.83. The van der Waals surface area contributed by atoms with Crippen LogP contribution in [0, 0.1) is 6.92 Å². The van der Waals surface area contributed by atoms with Crippen LogP contribution in [0.25, 0.3) is 0 Å². The first-order valence-electron chi connectivity index (χ1n) is 10.3. The van der Waals surface area contributed by atoms with Crippen LogP contribution in [0.5, 0.6) is 0 Å². The van der Waals surface area contributed by atoms with Gasteiger partial charge in [-0.25, -0.2) is 0 Å². The summed E-state index contributed by atoms with van der Waals surface area (Å²) in [5.74, 6) is -1.01. The Hall–Kier alpha value is -3.35. The number of nitrogens with one attached hydrogen (secondary N) is 2. The minimum atomic E-state index is -4.53. The average Bonchev–Trinajstić information content (AvgIpc) is 2.76. The molecule has 1 unspecified atom stereocenters. The molecule has 0 spiro atoms. The number of anilines is 1. The van der Waals surface area contributed by atoms with Crippen molar-refractivity contribution in [2.24, 2.45) is 0 Å². The number of aryl methyl sites for hydroxylation is 1. The molecule has 2 rings (SSSR count). The van der Waals surface area contributed by atoms with E-state index < -0.39 is 29.6 Å². The number of alkyl halides is 3. The Morgan fingerprint density at radius 1 is 1.03 bits per heavy atom. The van der Waals surface area contributed by atoms with Crippen LogP contribution >= 0.6 is 0 Å². The molecule has 0 aliphatic heterocycles. The predicted octanol–water partition coefficient (Wildman–Crippen LogP) is 5.59. The highest BCUT2D eigenvalue weighted by Crippen LogP contribution is 2.34. The molecule has 170 valence electrons. The molecule has 1 atom stereocenters. The van der Waals surface area contributed by atoms with Gasteiger partial charge in [-0.3, -0.25) is 9.59 Å². The molecule has 0 bridgehead atoms. The lowest BCUT2D eigenvalue weighted by Crippen LogP contribution is -2.44. The summed E-state index contributed by atoms with van der Waals surface area (Å²) in [6.45, 7) is 4.78. The Morgan fingerprint density at radius 3 is 2.31 bits per heavy atom. The first-order valence-corrected chi connectivity index (χ1v) is 10.3. The van der Waals surface area contributed by atoms with Crippen molar-refractivity contribution in [2.75, 3.05) is 5.32 Å². The second kappa shape index (κ2) is 11.3. The molecule has 2 N–H and O–H groups in total. The van der Waals surface area contributed by atoms with Gasteiger partial charge in [-0.1, -0.05) is 54.6 Å². The van der Waals surface area contributed by atoms with Gasteiger partial charge in [-0.15, -0.1) is 0 Å². The highest BCUT2D eigenvalue weighted by Gasteiger charge is 2.33. The molecule has 0 fully saturated rings. The van der Waals surface area contributed by atoms with E-state index in [2.05, 4.69) is 10.6 Å². The van der Waals surface area contributed by atoms with E-state index >= 15 is 0 Å². The molecule has 0 heterocycles. The maximum Gasteiger partial charge on any atom is 0.416 e. The van der Waals surface area contributed by atoms with Gasteiger partial charge in [-0.2, -0.15) is 13.2 Å². The molecule has 7 heteroatoms. The molecule has 2 amide bonds. The van der Waals surface area contributed by atoms with Crippen LogP contribution in [0.15, 0.2) is 72.3 Å². The number of halogens is 3. The fourth-order valence-corrected chi connectivity index (χ4v) is 3.25. The average molecular weight is 444 g/mol. The van der Waals surface area contributed by atoms with Crippen molar-refractivity contribution in [3.8, 4) is 0 Å². The summed E-state index contributed by atoms with van der Waals surface area (Å²) in [5, 5.41) is 5.28. The van der Waals surface area contributed by atoms with Crippen molar-refractivity contribution in [2.45, 2.75) is 45.8 Å². The number of carbonyl (C=O) groups excluding carboxylic acids is 2. The van der Waals surface area contributed by atoms with E-state index in [1.54, 1.807) is 32.1 Å². The lowest BCUT2D eigenvalue weighted by atomic mass is 10.0. The number of hydrogen-bond donors (Lipinski definition) is 2. The predicted molar refractivity (Wildman–Crippen MR) is 120 cm³/mol. The molecule has 2 aromatic carbocycles. The normalized spacial score (nSPS) is 13.1. The highest BCUT2D eigenvalue weighted by atomic mass is 19.4. The second-order valence-electron chi connectivity index (χ2n) is 7.26. The largest absolute Gasteiger partial charge is 0.416 e. The summed E-state index contributed by atoms with van der Waals surface area (Å²) < 4.78 is 39.7. The highest BCUT2D eigenvalue weighted by molar-refractivity contribution is 6.02. The van der Waals surface area contributed by atoms with Gasteiger partial charge in [0.05, 0.1) is 5.56 Å². The summed E-state index contributed by atoms with van der Waals surface area (Å²) in [4.78, 5) is 25.6. The number of benzene rings is 2. The van der Waals surface area contributed by atoms with E-state index in [4.69, 9.17) is 0 Å². The Labute approximate surface area is 186 Å². The fraction of sp³-hybridized carbons (Fsp3) is 0.280. The molecule has 0 aromatic heterocycles. The van der Waals surface area contributed by atoms with E-state index in [-0.39, 0.29) is 17.7 Å². The number of rotatable bonds is 8. The number of allylic oxidation sites excluding steroid dienone is 2. The van der Waals surface area contributed by atoms with E-state index in [0.717, 1.165) is 11.6 Å². The summed E-state index contributed by atoms with van der Waals surface area (Å²) >= 11 is 0. The third-order valence-corrected chi connectivity index (χ3v) is 5.00. The van der Waals surface area contributed by atoms with E-state index in [9.17, 15) is 22.8 Å². The number of hydrogen-bond acceptors (Lipinski definition) is 2. The molecule has 0 saturated heterocycles. The van der Waals surface area contributed by atoms with Crippen molar-refractivity contribution < 1.29 is 22.8 Å². The van der Waals surface area contributed by atoms with Gasteiger partial charge >= 0.3 is 6.18 Å². The maximum atomic E-state index is 13.2. The van der Waals surface area contributed by atoms with Gasteiger partial charge in [0.2, 0.25) is 5.91 Å². The molecule has 2 aromatic rings. The fourth-order valence-electron chi connectivity index (χ4n) is 3.25. The molecular weight excluding hydrogens is 417 g/mol. The minimum Gasteiger partial charge on any atom is -0.340 e.